The average molecular weight is 480 g/mol. The van der Waals surface area contributed by atoms with Gasteiger partial charge < -0.3 is 11.1 Å². The molecule has 2 bridgehead atoms. The number of likely N-dealkylation sites (tertiary alicyclic amines) is 1. The number of allylic oxidation sites excluding steroid dienone is 2. The van der Waals surface area contributed by atoms with Crippen LogP contribution in [0.1, 0.15) is 18.9 Å². The van der Waals surface area contributed by atoms with E-state index >= 15 is 0 Å². The van der Waals surface area contributed by atoms with E-state index in [0.29, 0.717) is 19.0 Å². The Morgan fingerprint density at radius 3 is 2.52 bits per heavy atom. The van der Waals surface area contributed by atoms with E-state index < -0.39 is 0 Å². The Bertz CT molecular complexity index is 777. The molecule has 1 aromatic rings. The number of guanidine groups is 1. The summed E-state index contributed by atoms with van der Waals surface area (Å²) < 4.78 is 0. The fourth-order valence-electron chi connectivity index (χ4n) is 4.51. The minimum atomic E-state index is -0.145. The molecular formula is C20H25IN4O2. The van der Waals surface area contributed by atoms with E-state index in [1.807, 2.05) is 18.2 Å². The van der Waals surface area contributed by atoms with E-state index in [2.05, 4.69) is 35.5 Å². The molecule has 4 atom stereocenters. The van der Waals surface area contributed by atoms with Gasteiger partial charge in [-0.3, -0.25) is 19.5 Å². The minimum absolute atomic E-state index is 0. The first-order chi connectivity index (χ1) is 12.6. The van der Waals surface area contributed by atoms with Gasteiger partial charge in [0.1, 0.15) is 0 Å². The highest BCUT2D eigenvalue weighted by atomic mass is 127. The molecule has 2 amide bonds. The molecule has 4 rings (SSSR count). The van der Waals surface area contributed by atoms with Crippen molar-refractivity contribution in [1.82, 2.24) is 4.90 Å². The third kappa shape index (κ3) is 3.61. The Morgan fingerprint density at radius 2 is 1.89 bits per heavy atom. The van der Waals surface area contributed by atoms with E-state index in [0.717, 1.165) is 18.5 Å². The summed E-state index contributed by atoms with van der Waals surface area (Å²) in [7, 11) is 0. The van der Waals surface area contributed by atoms with Gasteiger partial charge in [-0.15, -0.1) is 24.0 Å². The molecule has 6 nitrogen and oxygen atoms in total. The molecule has 7 heteroatoms. The summed E-state index contributed by atoms with van der Waals surface area (Å²) in [6, 6.07) is 7.98. The molecule has 3 N–H and O–H groups in total. The number of nitrogens with one attached hydrogen (secondary N) is 1. The number of amides is 2. The van der Waals surface area contributed by atoms with Crippen molar-refractivity contribution in [3.63, 3.8) is 0 Å². The van der Waals surface area contributed by atoms with E-state index in [-0.39, 0.29) is 59.5 Å². The number of anilines is 1. The van der Waals surface area contributed by atoms with Crippen molar-refractivity contribution in [3.05, 3.63) is 42.0 Å². The standard InChI is InChI=1S/C20H24N4O2.HI/c1-2-12-4-3-5-15(10-12)23-20(21)22-8-9-24-18(25)16-13-6-7-14(11-13)17(16)19(24)26;/h3-7,10,13-14,16-17H,2,8-9,11H2,1H3,(H3,21,22,23);1H. The molecule has 0 aromatic heterocycles. The van der Waals surface area contributed by atoms with Crippen LogP contribution >= 0.6 is 24.0 Å². The maximum Gasteiger partial charge on any atom is 0.233 e. The Labute approximate surface area is 176 Å². The fourth-order valence-corrected chi connectivity index (χ4v) is 4.51. The van der Waals surface area contributed by atoms with Crippen LogP contribution < -0.4 is 11.1 Å². The lowest BCUT2D eigenvalue weighted by Gasteiger charge is -2.16. The van der Waals surface area contributed by atoms with Gasteiger partial charge >= 0.3 is 0 Å². The number of halogens is 1. The first kappa shape index (κ1) is 19.9. The fraction of sp³-hybridized carbons (Fsp3) is 0.450. The first-order valence-electron chi connectivity index (χ1n) is 9.28. The molecule has 2 fully saturated rings. The van der Waals surface area contributed by atoms with Gasteiger partial charge in [-0.05, 0) is 42.4 Å². The van der Waals surface area contributed by atoms with E-state index in [1.165, 1.54) is 10.5 Å². The van der Waals surface area contributed by atoms with Crippen LogP contribution in [0.3, 0.4) is 0 Å². The molecule has 144 valence electrons. The van der Waals surface area contributed by atoms with Crippen molar-refractivity contribution in [3.8, 4) is 0 Å². The van der Waals surface area contributed by atoms with Crippen molar-refractivity contribution in [2.24, 2.45) is 34.4 Å². The van der Waals surface area contributed by atoms with Crippen molar-refractivity contribution in [2.75, 3.05) is 18.4 Å². The zero-order chi connectivity index (χ0) is 18.3. The second kappa shape index (κ2) is 8.00. The van der Waals surface area contributed by atoms with Crippen LogP contribution in [0, 0.1) is 23.7 Å². The maximum absolute atomic E-state index is 12.6. The lowest BCUT2D eigenvalue weighted by molar-refractivity contribution is -0.140. The van der Waals surface area contributed by atoms with Gasteiger partial charge in [0.2, 0.25) is 11.8 Å². The van der Waals surface area contributed by atoms with E-state index in [4.69, 9.17) is 5.73 Å². The van der Waals surface area contributed by atoms with Crippen molar-refractivity contribution >= 4 is 47.4 Å². The number of nitrogens with two attached hydrogens (primary N) is 1. The van der Waals surface area contributed by atoms with Gasteiger partial charge in [-0.25, -0.2) is 0 Å². The number of hydrogen-bond acceptors (Lipinski definition) is 3. The Hall–Kier alpha value is -1.90. The highest BCUT2D eigenvalue weighted by Gasteiger charge is 2.58. The Balaban J connectivity index is 0.00000210. The van der Waals surface area contributed by atoms with Crippen molar-refractivity contribution in [2.45, 2.75) is 19.8 Å². The largest absolute Gasteiger partial charge is 0.370 e. The number of aryl methyl sites for hydroxylation is 1. The third-order valence-corrected chi connectivity index (χ3v) is 5.78. The number of hydrogen-bond donors (Lipinski definition) is 2. The summed E-state index contributed by atoms with van der Waals surface area (Å²) in [5, 5.41) is 3.06. The smallest absolute Gasteiger partial charge is 0.233 e. The quantitative estimate of drug-likeness (QED) is 0.223. The molecule has 1 saturated carbocycles. The van der Waals surface area contributed by atoms with E-state index in [1.54, 1.807) is 0 Å². The molecule has 1 aliphatic heterocycles. The molecule has 0 spiro atoms. The van der Waals surface area contributed by atoms with Crippen LogP contribution in [-0.4, -0.2) is 35.8 Å². The highest BCUT2D eigenvalue weighted by molar-refractivity contribution is 14.0. The highest BCUT2D eigenvalue weighted by Crippen LogP contribution is 2.52. The summed E-state index contributed by atoms with van der Waals surface area (Å²) in [4.78, 5) is 30.9. The number of benzene rings is 1. The molecule has 1 heterocycles. The number of fused-ring (bicyclic) bond motifs is 5. The summed E-state index contributed by atoms with van der Waals surface area (Å²) in [6.07, 6.45) is 6.10. The third-order valence-electron chi connectivity index (χ3n) is 5.78. The Morgan fingerprint density at radius 1 is 1.22 bits per heavy atom. The number of aliphatic imine (C=N–C) groups is 1. The molecule has 27 heavy (non-hydrogen) atoms. The van der Waals surface area contributed by atoms with Crippen LogP contribution in [0.5, 0.6) is 0 Å². The Kier molecular flexibility index (Phi) is 5.88. The predicted molar refractivity (Wildman–Crippen MR) is 116 cm³/mol. The van der Waals surface area contributed by atoms with Crippen molar-refractivity contribution < 1.29 is 9.59 Å². The zero-order valence-electron chi connectivity index (χ0n) is 15.3. The van der Waals surface area contributed by atoms with E-state index in [9.17, 15) is 9.59 Å². The predicted octanol–water partition coefficient (Wildman–Crippen LogP) is 2.40. The first-order valence-corrected chi connectivity index (χ1v) is 9.28. The molecule has 2 aliphatic carbocycles. The summed E-state index contributed by atoms with van der Waals surface area (Å²) in [5.74, 6) is 0.422. The molecule has 4 unspecified atom stereocenters. The SMILES string of the molecule is CCc1cccc(NC(N)=NCCN2C(=O)C3C4C=CC(C4)C3C2=O)c1.I. The van der Waals surface area contributed by atoms with Crippen LogP contribution in [0.15, 0.2) is 41.4 Å². The van der Waals surface area contributed by atoms with Gasteiger partial charge in [-0.2, -0.15) is 0 Å². The zero-order valence-corrected chi connectivity index (χ0v) is 17.6. The molecule has 0 radical (unpaired) electrons. The lowest BCUT2D eigenvalue weighted by atomic mass is 9.85. The molecule has 1 saturated heterocycles. The van der Waals surface area contributed by atoms with Crippen LogP contribution in [0.4, 0.5) is 5.69 Å². The van der Waals surface area contributed by atoms with Crippen LogP contribution in [-0.2, 0) is 16.0 Å². The maximum atomic E-state index is 12.6. The second-order valence-corrected chi connectivity index (χ2v) is 7.27. The monoisotopic (exact) mass is 480 g/mol. The van der Waals surface area contributed by atoms with Gasteiger partial charge in [0.15, 0.2) is 5.96 Å². The van der Waals surface area contributed by atoms with Crippen LogP contribution in [0.25, 0.3) is 0 Å². The number of rotatable bonds is 5. The summed E-state index contributed by atoms with van der Waals surface area (Å²) >= 11 is 0. The number of nitrogens with zero attached hydrogens (tertiary/aromatic N) is 2. The molecule has 3 aliphatic rings. The normalized spacial score (nSPS) is 28.5. The summed E-state index contributed by atoms with van der Waals surface area (Å²) in [6.45, 7) is 2.70. The topological polar surface area (TPSA) is 87.8 Å². The van der Waals surface area contributed by atoms with Crippen molar-refractivity contribution in [1.29, 1.82) is 0 Å². The second-order valence-electron chi connectivity index (χ2n) is 7.27. The average Bonchev–Trinajstić information content (AvgIpc) is 3.31. The minimum Gasteiger partial charge on any atom is -0.370 e. The van der Waals surface area contributed by atoms with Gasteiger partial charge in [-0.1, -0.05) is 31.2 Å². The number of carbonyl (C=O) groups excluding carboxylic acids is 2. The molecule has 1 aromatic carbocycles. The number of carbonyl (C=O) groups is 2. The lowest BCUT2D eigenvalue weighted by Crippen LogP contribution is -2.35. The van der Waals surface area contributed by atoms with Gasteiger partial charge in [0.05, 0.1) is 18.4 Å². The van der Waals surface area contributed by atoms with Gasteiger partial charge in [0, 0.05) is 12.2 Å². The molecular weight excluding hydrogens is 455 g/mol. The van der Waals surface area contributed by atoms with Crippen LogP contribution in [0.2, 0.25) is 0 Å². The van der Waals surface area contributed by atoms with Gasteiger partial charge in [0.25, 0.3) is 0 Å². The summed E-state index contributed by atoms with van der Waals surface area (Å²) in [5.41, 5.74) is 8.04. The number of imide groups is 1.